The first kappa shape index (κ1) is 13.0. The summed E-state index contributed by atoms with van der Waals surface area (Å²) in [6.07, 6.45) is -0.404. The highest BCUT2D eigenvalue weighted by molar-refractivity contribution is 5.66. The van der Waals surface area contributed by atoms with Crippen molar-refractivity contribution in [2.75, 3.05) is 7.05 Å². The Bertz CT molecular complexity index is 317. The number of benzene rings is 1. The Labute approximate surface area is 89.5 Å². The number of carbonyl (C=O) groups is 1. The summed E-state index contributed by atoms with van der Waals surface area (Å²) < 4.78 is 4.83. The van der Waals surface area contributed by atoms with Crippen molar-refractivity contribution in [1.82, 2.24) is 5.32 Å². The predicted molar refractivity (Wildman–Crippen MR) is 57.0 cm³/mol. The molecule has 1 rings (SSSR count). The Kier molecular flexibility index (Phi) is 7.42. The maximum atomic E-state index is 10.7. The lowest BCUT2D eigenvalue weighted by molar-refractivity contribution is 0.142. The van der Waals surface area contributed by atoms with Gasteiger partial charge >= 0.3 is 6.09 Å². The summed E-state index contributed by atoms with van der Waals surface area (Å²) in [5, 5.41) is 9.69. The number of carbonyl (C=O) groups excluding carboxylic acids is 1. The van der Waals surface area contributed by atoms with E-state index in [2.05, 4.69) is 5.32 Å². The van der Waals surface area contributed by atoms with Crippen LogP contribution in [0.15, 0.2) is 30.3 Å². The van der Waals surface area contributed by atoms with Gasteiger partial charge in [0.25, 0.3) is 0 Å². The summed E-state index contributed by atoms with van der Waals surface area (Å²) in [4.78, 5) is 10.7. The number of rotatable bonds is 2. The van der Waals surface area contributed by atoms with Crippen molar-refractivity contribution >= 4 is 6.09 Å². The summed E-state index contributed by atoms with van der Waals surface area (Å²) in [5.41, 5.74) is 0.987. The van der Waals surface area contributed by atoms with Crippen LogP contribution in [-0.2, 0) is 11.3 Å². The van der Waals surface area contributed by atoms with Gasteiger partial charge in [-0.3, -0.25) is 0 Å². The summed E-state index contributed by atoms with van der Waals surface area (Å²) in [6.45, 7) is 1.75. The lowest BCUT2D eigenvalue weighted by Gasteiger charge is -2.02. The van der Waals surface area contributed by atoms with E-state index in [0.717, 1.165) is 5.56 Å². The Morgan fingerprint density at radius 1 is 1.47 bits per heavy atom. The van der Waals surface area contributed by atoms with Crippen LogP contribution >= 0.6 is 0 Å². The van der Waals surface area contributed by atoms with Crippen LogP contribution in [0, 0.1) is 11.3 Å². The molecular formula is C11H14N2O2. The van der Waals surface area contributed by atoms with Crippen LogP contribution in [0.1, 0.15) is 12.5 Å². The van der Waals surface area contributed by atoms with Crippen molar-refractivity contribution in [2.24, 2.45) is 0 Å². The van der Waals surface area contributed by atoms with Crippen molar-refractivity contribution < 1.29 is 9.53 Å². The quantitative estimate of drug-likeness (QED) is 0.805. The molecule has 0 bridgehead atoms. The van der Waals surface area contributed by atoms with Crippen LogP contribution in [0.3, 0.4) is 0 Å². The van der Waals surface area contributed by atoms with Gasteiger partial charge in [0.1, 0.15) is 6.61 Å². The van der Waals surface area contributed by atoms with E-state index in [1.165, 1.54) is 14.0 Å². The van der Waals surface area contributed by atoms with Gasteiger partial charge in [0.05, 0.1) is 6.07 Å². The van der Waals surface area contributed by atoms with Gasteiger partial charge in [-0.25, -0.2) is 4.79 Å². The average Bonchev–Trinajstić information content (AvgIpc) is 2.28. The lowest BCUT2D eigenvalue weighted by Crippen LogP contribution is -2.18. The number of hydrogen-bond donors (Lipinski definition) is 1. The SMILES string of the molecule is CC#N.CNC(=O)OCc1ccccc1. The minimum atomic E-state index is -0.404. The van der Waals surface area contributed by atoms with Crippen LogP contribution in [0.5, 0.6) is 0 Å². The van der Waals surface area contributed by atoms with Crippen molar-refractivity contribution in [1.29, 1.82) is 5.26 Å². The molecule has 0 saturated carbocycles. The molecule has 0 spiro atoms. The first-order chi connectivity index (χ1) is 7.24. The van der Waals surface area contributed by atoms with E-state index in [9.17, 15) is 4.79 Å². The molecule has 0 aliphatic heterocycles. The minimum Gasteiger partial charge on any atom is -0.445 e. The zero-order chi connectivity index (χ0) is 11.5. The molecule has 1 N–H and O–H groups in total. The second-order valence-electron chi connectivity index (χ2n) is 2.54. The molecule has 0 saturated heterocycles. The van der Waals surface area contributed by atoms with Gasteiger partial charge in [-0.2, -0.15) is 5.26 Å². The summed E-state index contributed by atoms with van der Waals surface area (Å²) in [5.74, 6) is 0. The van der Waals surface area contributed by atoms with E-state index in [1.807, 2.05) is 30.3 Å². The molecule has 4 nitrogen and oxygen atoms in total. The molecule has 0 aromatic heterocycles. The highest BCUT2D eigenvalue weighted by Crippen LogP contribution is 1.99. The van der Waals surface area contributed by atoms with Crippen molar-refractivity contribution in [3.05, 3.63) is 35.9 Å². The van der Waals surface area contributed by atoms with Gasteiger partial charge in [-0.15, -0.1) is 0 Å². The number of hydrogen-bond acceptors (Lipinski definition) is 3. The molecule has 0 aliphatic rings. The molecule has 1 amide bonds. The topological polar surface area (TPSA) is 62.1 Å². The van der Waals surface area contributed by atoms with Gasteiger partial charge in [-0.05, 0) is 5.56 Å². The first-order valence-electron chi connectivity index (χ1n) is 4.43. The molecule has 15 heavy (non-hydrogen) atoms. The van der Waals surface area contributed by atoms with E-state index in [4.69, 9.17) is 10.00 Å². The number of nitriles is 1. The minimum absolute atomic E-state index is 0.320. The van der Waals surface area contributed by atoms with Crippen LogP contribution < -0.4 is 5.32 Å². The van der Waals surface area contributed by atoms with E-state index < -0.39 is 6.09 Å². The summed E-state index contributed by atoms with van der Waals surface area (Å²) >= 11 is 0. The fourth-order valence-electron chi connectivity index (χ4n) is 0.795. The van der Waals surface area contributed by atoms with Crippen LogP contribution in [-0.4, -0.2) is 13.1 Å². The zero-order valence-corrected chi connectivity index (χ0v) is 8.86. The Balaban J connectivity index is 0.000000583. The van der Waals surface area contributed by atoms with E-state index in [0.29, 0.717) is 6.61 Å². The second kappa shape index (κ2) is 8.57. The Morgan fingerprint density at radius 2 is 2.00 bits per heavy atom. The molecule has 0 heterocycles. The Hall–Kier alpha value is -2.02. The third kappa shape index (κ3) is 7.08. The smallest absolute Gasteiger partial charge is 0.407 e. The molecule has 4 heteroatoms. The zero-order valence-electron chi connectivity index (χ0n) is 8.86. The highest BCUT2D eigenvalue weighted by Gasteiger charge is 1.96. The second-order valence-corrected chi connectivity index (χ2v) is 2.54. The number of nitrogens with one attached hydrogen (secondary N) is 1. The Morgan fingerprint density at radius 3 is 2.47 bits per heavy atom. The number of amides is 1. The fourth-order valence-corrected chi connectivity index (χ4v) is 0.795. The molecule has 0 fully saturated rings. The van der Waals surface area contributed by atoms with Gasteiger partial charge in [0, 0.05) is 14.0 Å². The van der Waals surface area contributed by atoms with E-state index >= 15 is 0 Å². The van der Waals surface area contributed by atoms with Gasteiger partial charge in [-0.1, -0.05) is 30.3 Å². The van der Waals surface area contributed by atoms with Gasteiger partial charge in [0.2, 0.25) is 0 Å². The monoisotopic (exact) mass is 206 g/mol. The van der Waals surface area contributed by atoms with Crippen molar-refractivity contribution in [3.63, 3.8) is 0 Å². The maximum absolute atomic E-state index is 10.7. The van der Waals surface area contributed by atoms with Crippen LogP contribution in [0.25, 0.3) is 0 Å². The lowest BCUT2D eigenvalue weighted by atomic mass is 10.2. The third-order valence-electron chi connectivity index (χ3n) is 1.42. The van der Waals surface area contributed by atoms with Gasteiger partial charge in [0.15, 0.2) is 0 Å². The van der Waals surface area contributed by atoms with E-state index in [-0.39, 0.29) is 0 Å². The summed E-state index contributed by atoms with van der Waals surface area (Å²) in [7, 11) is 1.54. The number of nitrogens with zero attached hydrogens (tertiary/aromatic N) is 1. The van der Waals surface area contributed by atoms with Gasteiger partial charge < -0.3 is 10.1 Å². The van der Waals surface area contributed by atoms with E-state index in [1.54, 1.807) is 6.07 Å². The molecule has 1 aromatic carbocycles. The predicted octanol–water partition coefficient (Wildman–Crippen LogP) is 2.07. The molecule has 0 unspecified atom stereocenters. The van der Waals surface area contributed by atoms with Crippen LogP contribution in [0.4, 0.5) is 4.79 Å². The third-order valence-corrected chi connectivity index (χ3v) is 1.42. The highest BCUT2D eigenvalue weighted by atomic mass is 16.5. The molecule has 0 radical (unpaired) electrons. The molecule has 0 aliphatic carbocycles. The molecule has 1 aromatic rings. The van der Waals surface area contributed by atoms with Crippen molar-refractivity contribution in [2.45, 2.75) is 13.5 Å². The standard InChI is InChI=1S/C9H11NO2.C2H3N/c1-10-9(11)12-7-8-5-3-2-4-6-8;1-2-3/h2-6H,7H2,1H3,(H,10,11);1H3. The largest absolute Gasteiger partial charge is 0.445 e. The molecule has 80 valence electrons. The number of ether oxygens (including phenoxy) is 1. The maximum Gasteiger partial charge on any atom is 0.407 e. The fraction of sp³-hybridized carbons (Fsp3) is 0.273. The molecular weight excluding hydrogens is 192 g/mol. The van der Waals surface area contributed by atoms with Crippen LogP contribution in [0.2, 0.25) is 0 Å². The van der Waals surface area contributed by atoms with Crippen molar-refractivity contribution in [3.8, 4) is 6.07 Å². The number of alkyl carbamates (subject to hydrolysis) is 1. The average molecular weight is 206 g/mol. The first-order valence-corrected chi connectivity index (χ1v) is 4.43. The normalized spacial score (nSPS) is 7.80. The molecule has 0 atom stereocenters. The summed E-state index contributed by atoms with van der Waals surface area (Å²) in [6, 6.07) is 11.3.